The molecule has 0 aromatic heterocycles. The summed E-state index contributed by atoms with van der Waals surface area (Å²) >= 11 is 0. The number of hydrogen-bond donors (Lipinski definition) is 2. The van der Waals surface area contributed by atoms with E-state index in [2.05, 4.69) is 27.7 Å². The molecule has 0 aromatic carbocycles. The third-order valence-corrected chi connectivity index (χ3v) is 10.7. The fourth-order valence-electron chi connectivity index (χ4n) is 8.82. The maximum absolute atomic E-state index is 10.7. The van der Waals surface area contributed by atoms with Crippen molar-refractivity contribution in [1.29, 1.82) is 0 Å². The molecular weight excluding hydrogens is 368 g/mol. The molecule has 0 aliphatic heterocycles. The second-order valence-electron chi connectivity index (χ2n) is 13.3. The Morgan fingerprint density at radius 1 is 0.933 bits per heavy atom. The fourth-order valence-corrected chi connectivity index (χ4v) is 8.82. The summed E-state index contributed by atoms with van der Waals surface area (Å²) in [4.78, 5) is 0. The van der Waals surface area contributed by atoms with Crippen LogP contribution in [-0.2, 0) is 0 Å². The fraction of sp³-hybridized carbons (Fsp3) is 0.929. The van der Waals surface area contributed by atoms with E-state index < -0.39 is 5.60 Å². The van der Waals surface area contributed by atoms with Gasteiger partial charge >= 0.3 is 0 Å². The maximum atomic E-state index is 10.7. The highest BCUT2D eigenvalue weighted by Crippen LogP contribution is 2.67. The minimum Gasteiger partial charge on any atom is -0.393 e. The Labute approximate surface area is 185 Å². The second kappa shape index (κ2) is 7.62. The van der Waals surface area contributed by atoms with Crippen molar-refractivity contribution in [2.75, 3.05) is 0 Å². The summed E-state index contributed by atoms with van der Waals surface area (Å²) in [5.41, 5.74) is 4.06. The lowest BCUT2D eigenvalue weighted by Gasteiger charge is -2.59. The molecule has 2 nitrogen and oxygen atoms in total. The molecule has 2 saturated carbocycles. The van der Waals surface area contributed by atoms with Crippen LogP contribution in [0.1, 0.15) is 119 Å². The first-order valence-corrected chi connectivity index (χ1v) is 13.0. The molecule has 4 aliphatic carbocycles. The van der Waals surface area contributed by atoms with Crippen molar-refractivity contribution in [3.8, 4) is 0 Å². The number of aliphatic hydroxyl groups is 2. The van der Waals surface area contributed by atoms with Crippen molar-refractivity contribution in [2.24, 2.45) is 34.0 Å². The van der Waals surface area contributed by atoms with Gasteiger partial charge in [-0.1, -0.05) is 51.7 Å². The molecule has 2 fully saturated rings. The Morgan fingerprint density at radius 2 is 1.67 bits per heavy atom. The molecule has 0 saturated heterocycles. The van der Waals surface area contributed by atoms with Crippen molar-refractivity contribution in [1.82, 2.24) is 0 Å². The van der Waals surface area contributed by atoms with Gasteiger partial charge in [0.05, 0.1) is 11.7 Å². The molecule has 0 amide bonds. The summed E-state index contributed by atoms with van der Waals surface area (Å²) < 4.78 is 0. The summed E-state index contributed by atoms with van der Waals surface area (Å²) in [5, 5.41) is 20.8. The summed E-state index contributed by atoms with van der Waals surface area (Å²) in [6.45, 7) is 13.7. The van der Waals surface area contributed by atoms with Gasteiger partial charge in [0.1, 0.15) is 0 Å². The van der Waals surface area contributed by atoms with E-state index in [4.69, 9.17) is 0 Å². The molecule has 2 heteroatoms. The number of aliphatic hydroxyl groups excluding tert-OH is 1. The zero-order valence-corrected chi connectivity index (χ0v) is 20.7. The van der Waals surface area contributed by atoms with Gasteiger partial charge in [-0.3, -0.25) is 0 Å². The number of fused-ring (bicyclic) bond motifs is 4. The van der Waals surface area contributed by atoms with E-state index in [1.165, 1.54) is 57.8 Å². The van der Waals surface area contributed by atoms with Gasteiger partial charge in [0.2, 0.25) is 0 Å². The van der Waals surface area contributed by atoms with Crippen molar-refractivity contribution in [3.63, 3.8) is 0 Å². The molecule has 0 bridgehead atoms. The molecule has 6 atom stereocenters. The van der Waals surface area contributed by atoms with Crippen LogP contribution in [0.4, 0.5) is 0 Å². The SMILES string of the molecule is CC(C)(O)CCCCC1CCC2C3=C(CCC12C)C1(C)CCC(O)C(C)(C)C1CC3. The third-order valence-electron chi connectivity index (χ3n) is 10.7. The van der Waals surface area contributed by atoms with Crippen molar-refractivity contribution < 1.29 is 10.2 Å². The third kappa shape index (κ3) is 3.62. The van der Waals surface area contributed by atoms with E-state index >= 15 is 0 Å². The molecule has 30 heavy (non-hydrogen) atoms. The van der Waals surface area contributed by atoms with Crippen LogP contribution in [0.2, 0.25) is 0 Å². The summed E-state index contributed by atoms with van der Waals surface area (Å²) in [6, 6.07) is 0. The standard InChI is InChI=1S/C28H48O2/c1-25(2,30)16-8-7-9-19-10-12-21-20-11-13-23-26(3,4)24(29)15-18-28(23,6)22(20)14-17-27(19,21)5/h19,21,23-24,29-30H,7-18H2,1-6H3. The predicted molar refractivity (Wildman–Crippen MR) is 125 cm³/mol. The van der Waals surface area contributed by atoms with Gasteiger partial charge in [0, 0.05) is 0 Å². The Bertz CT molecular complexity index is 683. The molecule has 6 unspecified atom stereocenters. The van der Waals surface area contributed by atoms with E-state index in [-0.39, 0.29) is 11.5 Å². The molecule has 0 aromatic rings. The van der Waals surface area contributed by atoms with Crippen molar-refractivity contribution >= 4 is 0 Å². The summed E-state index contributed by atoms with van der Waals surface area (Å²) in [7, 11) is 0. The number of unbranched alkanes of at least 4 members (excludes halogenated alkanes) is 1. The zero-order valence-electron chi connectivity index (χ0n) is 20.7. The van der Waals surface area contributed by atoms with Crippen molar-refractivity contribution in [3.05, 3.63) is 11.1 Å². The smallest absolute Gasteiger partial charge is 0.0594 e. The van der Waals surface area contributed by atoms with E-state index in [9.17, 15) is 10.2 Å². The Morgan fingerprint density at radius 3 is 2.37 bits per heavy atom. The molecule has 0 spiro atoms. The molecule has 2 N–H and O–H groups in total. The molecule has 0 radical (unpaired) electrons. The maximum Gasteiger partial charge on any atom is 0.0594 e. The summed E-state index contributed by atoms with van der Waals surface area (Å²) in [6.07, 6.45) is 14.8. The van der Waals surface area contributed by atoms with Gasteiger partial charge in [-0.25, -0.2) is 0 Å². The Balaban J connectivity index is 1.51. The van der Waals surface area contributed by atoms with Crippen LogP contribution < -0.4 is 0 Å². The van der Waals surface area contributed by atoms with Crippen LogP contribution >= 0.6 is 0 Å². The summed E-state index contributed by atoms with van der Waals surface area (Å²) in [5.74, 6) is 2.32. The molecule has 4 aliphatic rings. The van der Waals surface area contributed by atoms with Crippen LogP contribution in [0.5, 0.6) is 0 Å². The monoisotopic (exact) mass is 416 g/mol. The largest absolute Gasteiger partial charge is 0.393 e. The van der Waals surface area contributed by atoms with Gasteiger partial charge in [-0.15, -0.1) is 0 Å². The predicted octanol–water partition coefficient (Wildman–Crippen LogP) is 7.04. The first-order valence-electron chi connectivity index (χ1n) is 13.0. The molecule has 172 valence electrons. The number of hydrogen-bond acceptors (Lipinski definition) is 2. The van der Waals surface area contributed by atoms with Crippen LogP contribution in [0.25, 0.3) is 0 Å². The Hall–Kier alpha value is -0.340. The lowest BCUT2D eigenvalue weighted by atomic mass is 9.46. The second-order valence-corrected chi connectivity index (χ2v) is 13.3. The quantitative estimate of drug-likeness (QED) is 0.373. The normalized spacial score (nSPS) is 43.2. The van der Waals surface area contributed by atoms with E-state index in [0.29, 0.717) is 16.7 Å². The highest BCUT2D eigenvalue weighted by atomic mass is 16.3. The Kier molecular flexibility index (Phi) is 5.80. The number of rotatable bonds is 5. The molecule has 0 heterocycles. The van der Waals surface area contributed by atoms with E-state index in [1.54, 1.807) is 0 Å². The molecular formula is C28H48O2. The molecule has 4 rings (SSSR count). The highest BCUT2D eigenvalue weighted by molar-refractivity contribution is 5.35. The van der Waals surface area contributed by atoms with E-state index in [0.717, 1.165) is 31.1 Å². The topological polar surface area (TPSA) is 40.5 Å². The van der Waals surface area contributed by atoms with E-state index in [1.807, 2.05) is 25.0 Å². The number of allylic oxidation sites excluding steroid dienone is 2. The first-order chi connectivity index (χ1) is 13.9. The van der Waals surface area contributed by atoms with Gasteiger partial charge in [-0.2, -0.15) is 0 Å². The minimum atomic E-state index is -0.512. The van der Waals surface area contributed by atoms with Crippen LogP contribution in [-0.4, -0.2) is 21.9 Å². The van der Waals surface area contributed by atoms with Gasteiger partial charge < -0.3 is 10.2 Å². The van der Waals surface area contributed by atoms with Crippen LogP contribution in [0.15, 0.2) is 11.1 Å². The van der Waals surface area contributed by atoms with Gasteiger partial charge in [0.15, 0.2) is 0 Å². The van der Waals surface area contributed by atoms with Crippen molar-refractivity contribution in [2.45, 2.75) is 130 Å². The first kappa shape index (κ1) is 22.8. The zero-order chi connectivity index (χ0) is 21.9. The lowest BCUT2D eigenvalue weighted by Crippen LogP contribution is -2.53. The van der Waals surface area contributed by atoms with Gasteiger partial charge in [-0.05, 0) is 112 Å². The minimum absolute atomic E-state index is 0.0466. The average molecular weight is 417 g/mol. The van der Waals surface area contributed by atoms with Crippen LogP contribution in [0, 0.1) is 34.0 Å². The lowest BCUT2D eigenvalue weighted by molar-refractivity contribution is -0.0928. The highest BCUT2D eigenvalue weighted by Gasteiger charge is 2.58. The average Bonchev–Trinajstić information content (AvgIpc) is 2.98. The van der Waals surface area contributed by atoms with Gasteiger partial charge in [0.25, 0.3) is 0 Å². The van der Waals surface area contributed by atoms with Crippen LogP contribution in [0.3, 0.4) is 0 Å².